The minimum absolute atomic E-state index is 0. The standard InChI is InChI=1S/HN3.U/c1-3-2;/h1H;. The van der Waals surface area contributed by atoms with E-state index in [0.29, 0.717) is 0 Å². The molecule has 0 aliphatic heterocycles. The molecule has 0 radical (unpaired) electrons. The topological polar surface area (TPSA) is 60.3 Å². The van der Waals surface area contributed by atoms with Gasteiger partial charge in [0.05, 0.1) is 0 Å². The predicted octanol–water partition coefficient (Wildman–Crippen LogP) is 0.875. The molecule has 0 heterocycles. The Morgan fingerprint density at radius 1 is 1.75 bits per heavy atom. The van der Waals surface area contributed by atoms with Gasteiger partial charge in [-0.15, -0.1) is 5.53 Å². The zero-order chi connectivity index (χ0) is 2.71. The second kappa shape index (κ2) is 10.1. The number of hydrogen-bond donors (Lipinski definition) is 1. The Balaban J connectivity index is 0. The van der Waals surface area contributed by atoms with Crippen molar-refractivity contribution >= 4 is 0 Å². The summed E-state index contributed by atoms with van der Waals surface area (Å²) >= 11 is 0. The van der Waals surface area contributed by atoms with Crippen LogP contribution >= 0.6 is 0 Å². The van der Waals surface area contributed by atoms with Crippen molar-refractivity contribution in [3.63, 3.8) is 0 Å². The van der Waals surface area contributed by atoms with E-state index in [0.717, 1.165) is 0 Å². The Morgan fingerprint density at radius 2 is 1.75 bits per heavy atom. The van der Waals surface area contributed by atoms with E-state index in [9.17, 15) is 0 Å². The first kappa shape index (κ1) is 8.84. The fourth-order valence-corrected chi connectivity index (χ4v) is 0. The number of nitrogens with zero attached hydrogens (tertiary/aromatic N) is 2. The number of hydrogen-bond acceptors (Lipinski definition) is 1. The largest absolute Gasteiger partial charge is 0.108 e. The Labute approximate surface area is 47.2 Å². The van der Waals surface area contributed by atoms with Crippen molar-refractivity contribution in [2.45, 2.75) is 0 Å². The molecule has 1 N–H and O–H groups in total. The second-order valence-electron chi connectivity index (χ2n) is 0.100. The van der Waals surface area contributed by atoms with Crippen molar-refractivity contribution in [2.24, 2.45) is 0 Å². The summed E-state index contributed by atoms with van der Waals surface area (Å²) in [4.78, 5) is 1.75. The van der Waals surface area contributed by atoms with E-state index in [1.165, 1.54) is 0 Å². The van der Waals surface area contributed by atoms with Crippen molar-refractivity contribution in [2.75, 3.05) is 0 Å². The van der Waals surface area contributed by atoms with Gasteiger partial charge in [-0.1, -0.05) is 0 Å². The van der Waals surface area contributed by atoms with E-state index in [4.69, 9.17) is 11.1 Å². The van der Waals surface area contributed by atoms with Gasteiger partial charge in [0.2, 0.25) is 0 Å². The summed E-state index contributed by atoms with van der Waals surface area (Å²) in [7, 11) is 0. The van der Waals surface area contributed by atoms with Gasteiger partial charge in [0.1, 0.15) is 0 Å². The van der Waals surface area contributed by atoms with Gasteiger partial charge in [-0.05, 0) is 10.4 Å². The zero-order valence-corrected chi connectivity index (χ0v) is 6.06. The van der Waals surface area contributed by atoms with Gasteiger partial charge in [-0.2, -0.15) is 0 Å². The Bertz CT molecular complexity index is 24.3. The van der Waals surface area contributed by atoms with Crippen molar-refractivity contribution < 1.29 is 31.1 Å². The summed E-state index contributed by atoms with van der Waals surface area (Å²) in [5, 5.41) is 0. The molecule has 0 amide bonds. The molecule has 0 aromatic heterocycles. The van der Waals surface area contributed by atoms with Gasteiger partial charge in [-0.25, -0.2) is 0 Å². The second-order valence-corrected chi connectivity index (χ2v) is 0.100. The van der Waals surface area contributed by atoms with Crippen LogP contribution in [0.5, 0.6) is 0 Å². The first-order valence-corrected chi connectivity index (χ1v) is 0.424. The molecule has 3 nitrogen and oxygen atoms in total. The quantitative estimate of drug-likeness (QED) is 0.389. The van der Waals surface area contributed by atoms with Crippen molar-refractivity contribution in [1.82, 2.24) is 0 Å². The summed E-state index contributed by atoms with van der Waals surface area (Å²) in [6, 6.07) is 0. The summed E-state index contributed by atoms with van der Waals surface area (Å²) < 4.78 is 0. The SMILES string of the molecule is [N-]=[N+]=N.[U]. The number of rotatable bonds is 0. The summed E-state index contributed by atoms with van der Waals surface area (Å²) in [5.41, 5.74) is 12.2. The molecular formula is HN3U. The Kier molecular flexibility index (Phi) is 22.3. The van der Waals surface area contributed by atoms with Crippen LogP contribution in [0.2, 0.25) is 0 Å². The van der Waals surface area contributed by atoms with Crippen LogP contribution in [0.4, 0.5) is 0 Å². The molecule has 0 aromatic carbocycles. The minimum Gasteiger partial charge on any atom is -0.108 e. The molecular weight excluding hydrogens is 280 g/mol. The van der Waals surface area contributed by atoms with Crippen LogP contribution in [0.25, 0.3) is 10.4 Å². The van der Waals surface area contributed by atoms with Crippen molar-refractivity contribution in [3.05, 3.63) is 10.4 Å². The van der Waals surface area contributed by atoms with Gasteiger partial charge in [0, 0.05) is 31.1 Å². The predicted molar refractivity (Wildman–Crippen MR) is 9.44 cm³/mol. The molecule has 4 heteroatoms. The van der Waals surface area contributed by atoms with Crippen LogP contribution in [-0.2, 0) is 0 Å². The molecule has 0 fully saturated rings. The first-order valence-electron chi connectivity index (χ1n) is 0.424. The normalized spacial score (nSPS) is 2.00. The van der Waals surface area contributed by atoms with E-state index in [2.05, 4.69) is 0 Å². The third-order valence-corrected chi connectivity index (χ3v) is 0. The molecule has 0 rings (SSSR count). The van der Waals surface area contributed by atoms with E-state index in [1.807, 2.05) is 0 Å². The van der Waals surface area contributed by atoms with E-state index in [1.54, 1.807) is 4.91 Å². The van der Waals surface area contributed by atoms with Gasteiger partial charge in [0.15, 0.2) is 0 Å². The third kappa shape index (κ3) is 33.4. The smallest absolute Gasteiger partial charge is 0 e. The van der Waals surface area contributed by atoms with Crippen LogP contribution in [0.1, 0.15) is 0 Å². The van der Waals surface area contributed by atoms with E-state index in [-0.39, 0.29) is 31.1 Å². The maximum absolute atomic E-state index is 6.86. The molecule has 0 aliphatic rings. The molecule has 4 heavy (non-hydrogen) atoms. The zero-order valence-electron chi connectivity index (χ0n) is 1.89. The summed E-state index contributed by atoms with van der Waals surface area (Å²) in [6.45, 7) is 0. The van der Waals surface area contributed by atoms with Crippen LogP contribution in [0, 0.1) is 36.6 Å². The van der Waals surface area contributed by atoms with E-state index >= 15 is 0 Å². The Hall–Kier alpha value is 0.362. The van der Waals surface area contributed by atoms with Crippen molar-refractivity contribution in [3.8, 4) is 0 Å². The summed E-state index contributed by atoms with van der Waals surface area (Å²) in [5.74, 6) is 0. The van der Waals surface area contributed by atoms with Gasteiger partial charge in [0.25, 0.3) is 0 Å². The molecule has 0 saturated carbocycles. The van der Waals surface area contributed by atoms with Crippen LogP contribution < -0.4 is 0 Å². The fraction of sp³-hybridized carbons (Fsp3) is 0. The molecule has 0 unspecified atom stereocenters. The van der Waals surface area contributed by atoms with Gasteiger partial charge >= 0.3 is 0 Å². The van der Waals surface area contributed by atoms with Gasteiger partial charge < -0.3 is 0 Å². The molecule has 0 aromatic rings. The maximum Gasteiger partial charge on any atom is 0 e. The molecule has 0 saturated heterocycles. The fourth-order valence-electron chi connectivity index (χ4n) is 0. The van der Waals surface area contributed by atoms with Crippen molar-refractivity contribution in [1.29, 1.82) is 5.53 Å². The summed E-state index contributed by atoms with van der Waals surface area (Å²) in [6.07, 6.45) is 0. The average molecular weight is 281 g/mol. The monoisotopic (exact) mass is 281 g/mol. The molecule has 0 atom stereocenters. The van der Waals surface area contributed by atoms with Crippen LogP contribution in [0.3, 0.4) is 0 Å². The third-order valence-electron chi connectivity index (χ3n) is 0. The maximum atomic E-state index is 6.86. The van der Waals surface area contributed by atoms with Gasteiger partial charge in [-0.3, -0.25) is 0 Å². The number of nitrogens with one attached hydrogen (secondary N) is 1. The van der Waals surface area contributed by atoms with E-state index < -0.39 is 0 Å². The first-order chi connectivity index (χ1) is 1.41. The molecule has 0 aliphatic carbocycles. The molecule has 20 valence electrons. The average Bonchev–Trinajstić information content (AvgIpc) is 0.918. The van der Waals surface area contributed by atoms with Crippen LogP contribution in [0.15, 0.2) is 0 Å². The Morgan fingerprint density at radius 3 is 1.75 bits per heavy atom. The minimum atomic E-state index is 0. The van der Waals surface area contributed by atoms with Crippen LogP contribution in [-0.4, -0.2) is 0 Å². The molecule has 0 bridgehead atoms. The molecule has 0 spiro atoms.